The van der Waals surface area contributed by atoms with Crippen molar-refractivity contribution in [3.8, 4) is 0 Å². The number of hydrogen-bond donors (Lipinski definition) is 0. The van der Waals surface area contributed by atoms with Gasteiger partial charge in [0, 0.05) is 12.2 Å². The Kier molecular flexibility index (Phi) is 5.12. The number of anilines is 1. The lowest BCUT2D eigenvalue weighted by atomic mass is 9.87. The highest BCUT2D eigenvalue weighted by Crippen LogP contribution is 2.39. The lowest BCUT2D eigenvalue weighted by molar-refractivity contribution is -0.137. The summed E-state index contributed by atoms with van der Waals surface area (Å²) in [7, 11) is 0. The monoisotopic (exact) mass is 395 g/mol. The first-order valence-electron chi connectivity index (χ1n) is 9.96. The smallest absolute Gasteiger partial charge is 0.360 e. The molecular formula is C25H24F3N. The van der Waals surface area contributed by atoms with E-state index in [0.717, 1.165) is 24.2 Å². The summed E-state index contributed by atoms with van der Waals surface area (Å²) < 4.78 is 39.0. The van der Waals surface area contributed by atoms with Crippen LogP contribution in [0.3, 0.4) is 0 Å². The van der Waals surface area contributed by atoms with Gasteiger partial charge in [0.25, 0.3) is 0 Å². The van der Waals surface area contributed by atoms with Crippen LogP contribution in [0.4, 0.5) is 18.9 Å². The number of rotatable bonds is 3. The first-order valence-corrected chi connectivity index (χ1v) is 9.96. The molecule has 4 heteroatoms. The molecule has 0 aliphatic carbocycles. The highest BCUT2D eigenvalue weighted by Gasteiger charge is 2.32. The molecule has 29 heavy (non-hydrogen) atoms. The van der Waals surface area contributed by atoms with Crippen molar-refractivity contribution in [1.82, 2.24) is 0 Å². The van der Waals surface area contributed by atoms with Gasteiger partial charge in [-0.2, -0.15) is 13.2 Å². The molecule has 1 aliphatic heterocycles. The Morgan fingerprint density at radius 1 is 0.862 bits per heavy atom. The second kappa shape index (κ2) is 7.58. The lowest BCUT2D eigenvalue weighted by Gasteiger charge is -2.39. The minimum atomic E-state index is -4.32. The molecule has 0 amide bonds. The predicted molar refractivity (Wildman–Crippen MR) is 111 cm³/mol. The molecule has 1 nitrogen and oxygen atoms in total. The van der Waals surface area contributed by atoms with Gasteiger partial charge in [-0.1, -0.05) is 62.4 Å². The van der Waals surface area contributed by atoms with Gasteiger partial charge in [-0.25, -0.2) is 0 Å². The van der Waals surface area contributed by atoms with E-state index in [-0.39, 0.29) is 6.04 Å². The van der Waals surface area contributed by atoms with Crippen molar-refractivity contribution < 1.29 is 13.2 Å². The fourth-order valence-electron chi connectivity index (χ4n) is 4.11. The first kappa shape index (κ1) is 19.6. The molecule has 1 heterocycles. The maximum atomic E-state index is 13.0. The number of hydrogen-bond acceptors (Lipinski definition) is 1. The summed E-state index contributed by atoms with van der Waals surface area (Å²) in [5.74, 6) is 0.453. The highest BCUT2D eigenvalue weighted by atomic mass is 19.4. The Labute approximate surface area is 169 Å². The van der Waals surface area contributed by atoms with Crippen molar-refractivity contribution in [2.75, 3.05) is 11.4 Å². The van der Waals surface area contributed by atoms with E-state index in [1.54, 1.807) is 12.1 Å². The number of nitrogens with zero attached hydrogens (tertiary/aromatic N) is 1. The fourth-order valence-corrected chi connectivity index (χ4v) is 4.11. The zero-order valence-electron chi connectivity index (χ0n) is 16.6. The minimum absolute atomic E-state index is 0.0158. The standard InChI is InChI=1S/C25H24F3N/c1-17(2)18-7-9-20(10-8-18)24-23-6-4-3-5-19(23)15-16-29(24)22-13-11-21(12-14-22)25(26,27)28/h3-14,17,24H,15-16H2,1-2H3. The number of halogens is 3. The molecule has 4 rings (SSSR count). The summed E-state index contributed by atoms with van der Waals surface area (Å²) in [6, 6.07) is 22.5. The Hall–Kier alpha value is -2.75. The van der Waals surface area contributed by atoms with Crippen LogP contribution in [-0.2, 0) is 12.6 Å². The minimum Gasteiger partial charge on any atom is -0.360 e. The third-order valence-electron chi connectivity index (χ3n) is 5.73. The van der Waals surface area contributed by atoms with Crippen molar-refractivity contribution in [3.05, 3.63) is 101 Å². The van der Waals surface area contributed by atoms with E-state index in [2.05, 4.69) is 55.1 Å². The second-order valence-electron chi connectivity index (χ2n) is 7.91. The van der Waals surface area contributed by atoms with Gasteiger partial charge in [0.2, 0.25) is 0 Å². The van der Waals surface area contributed by atoms with E-state index >= 15 is 0 Å². The van der Waals surface area contributed by atoms with Crippen LogP contribution in [0, 0.1) is 0 Å². The lowest BCUT2D eigenvalue weighted by Crippen LogP contribution is -2.36. The van der Waals surface area contributed by atoms with Gasteiger partial charge in [0.15, 0.2) is 0 Å². The van der Waals surface area contributed by atoms with Gasteiger partial charge >= 0.3 is 6.18 Å². The molecule has 0 aromatic heterocycles. The molecule has 150 valence electrons. The van der Waals surface area contributed by atoms with Gasteiger partial charge in [-0.3, -0.25) is 0 Å². The zero-order valence-corrected chi connectivity index (χ0v) is 16.6. The van der Waals surface area contributed by atoms with E-state index < -0.39 is 11.7 Å². The van der Waals surface area contributed by atoms with E-state index in [4.69, 9.17) is 0 Å². The average molecular weight is 395 g/mol. The van der Waals surface area contributed by atoms with Crippen molar-refractivity contribution in [1.29, 1.82) is 0 Å². The summed E-state index contributed by atoms with van der Waals surface area (Å²) >= 11 is 0. The zero-order chi connectivity index (χ0) is 20.6. The Bertz CT molecular complexity index is 972. The van der Waals surface area contributed by atoms with E-state index in [0.29, 0.717) is 5.92 Å². The van der Waals surface area contributed by atoms with Crippen molar-refractivity contribution >= 4 is 5.69 Å². The van der Waals surface area contributed by atoms with Gasteiger partial charge < -0.3 is 4.90 Å². The predicted octanol–water partition coefficient (Wildman–Crippen LogP) is 6.98. The molecular weight excluding hydrogens is 371 g/mol. The molecule has 3 aromatic rings. The van der Waals surface area contributed by atoms with Crippen LogP contribution in [0.1, 0.15) is 53.6 Å². The molecule has 0 fully saturated rings. The molecule has 0 spiro atoms. The maximum absolute atomic E-state index is 13.0. The average Bonchev–Trinajstić information content (AvgIpc) is 2.72. The summed E-state index contributed by atoms with van der Waals surface area (Å²) in [6.45, 7) is 5.10. The topological polar surface area (TPSA) is 3.24 Å². The molecule has 1 aliphatic rings. The quantitative estimate of drug-likeness (QED) is 0.462. The van der Waals surface area contributed by atoms with E-state index in [1.807, 2.05) is 12.1 Å². The van der Waals surface area contributed by atoms with Crippen LogP contribution in [-0.4, -0.2) is 6.54 Å². The Morgan fingerprint density at radius 2 is 1.52 bits per heavy atom. The summed E-state index contributed by atoms with van der Waals surface area (Å²) in [5, 5.41) is 0. The SMILES string of the molecule is CC(C)c1ccc(C2c3ccccc3CCN2c2ccc(C(F)(F)F)cc2)cc1. The summed E-state index contributed by atoms with van der Waals surface area (Å²) in [4.78, 5) is 2.22. The largest absolute Gasteiger partial charge is 0.416 e. The normalized spacial score (nSPS) is 16.8. The number of fused-ring (bicyclic) bond motifs is 1. The molecule has 1 atom stereocenters. The maximum Gasteiger partial charge on any atom is 0.416 e. The Balaban J connectivity index is 1.76. The van der Waals surface area contributed by atoms with E-state index in [9.17, 15) is 13.2 Å². The summed E-state index contributed by atoms with van der Waals surface area (Å²) in [5.41, 5.74) is 5.15. The van der Waals surface area contributed by atoms with Crippen LogP contribution in [0.2, 0.25) is 0 Å². The molecule has 0 radical (unpaired) electrons. The number of alkyl halides is 3. The highest BCUT2D eigenvalue weighted by molar-refractivity contribution is 5.56. The van der Waals surface area contributed by atoms with Crippen LogP contribution in [0.25, 0.3) is 0 Å². The second-order valence-corrected chi connectivity index (χ2v) is 7.91. The van der Waals surface area contributed by atoms with Gasteiger partial charge in [0.05, 0.1) is 11.6 Å². The van der Waals surface area contributed by atoms with Crippen LogP contribution in [0.5, 0.6) is 0 Å². The molecule has 3 aromatic carbocycles. The fraction of sp³-hybridized carbons (Fsp3) is 0.280. The molecule has 0 saturated carbocycles. The first-order chi connectivity index (χ1) is 13.8. The van der Waals surface area contributed by atoms with Gasteiger partial charge in [-0.15, -0.1) is 0 Å². The van der Waals surface area contributed by atoms with E-state index in [1.165, 1.54) is 28.8 Å². The van der Waals surface area contributed by atoms with Crippen LogP contribution in [0.15, 0.2) is 72.8 Å². The third kappa shape index (κ3) is 3.89. The van der Waals surface area contributed by atoms with Crippen LogP contribution >= 0.6 is 0 Å². The van der Waals surface area contributed by atoms with Crippen LogP contribution < -0.4 is 4.90 Å². The van der Waals surface area contributed by atoms with Gasteiger partial charge in [0.1, 0.15) is 0 Å². The molecule has 0 N–H and O–H groups in total. The number of benzene rings is 3. The Morgan fingerprint density at radius 3 is 2.14 bits per heavy atom. The van der Waals surface area contributed by atoms with Crippen molar-refractivity contribution in [3.63, 3.8) is 0 Å². The van der Waals surface area contributed by atoms with Crippen molar-refractivity contribution in [2.24, 2.45) is 0 Å². The molecule has 0 bridgehead atoms. The van der Waals surface area contributed by atoms with Crippen molar-refractivity contribution in [2.45, 2.75) is 38.4 Å². The molecule has 0 saturated heterocycles. The molecule has 1 unspecified atom stereocenters. The third-order valence-corrected chi connectivity index (χ3v) is 5.73. The summed E-state index contributed by atoms with van der Waals surface area (Å²) in [6.07, 6.45) is -3.45. The van der Waals surface area contributed by atoms with Gasteiger partial charge in [-0.05, 0) is 58.9 Å².